The molecular weight excluding hydrogens is 1200 g/mol. The minimum absolute atomic E-state index is 0.0136. The molecule has 4 amide bonds. The molecule has 0 aromatic carbocycles. The van der Waals surface area contributed by atoms with Crippen molar-refractivity contribution >= 4 is 59.6 Å². The third-order valence-electron chi connectivity index (χ3n) is 10.3. The van der Waals surface area contributed by atoms with Crippen molar-refractivity contribution in [2.45, 2.75) is 168 Å². The number of hydrogen-bond donors (Lipinski definition) is 8. The molecule has 5 unspecified atom stereocenters. The van der Waals surface area contributed by atoms with E-state index in [4.69, 9.17) is 34.6 Å². The molecular formula is C47H85N9O30S. The minimum atomic E-state index is -1.19. The van der Waals surface area contributed by atoms with E-state index >= 15 is 0 Å². The summed E-state index contributed by atoms with van der Waals surface area (Å²) in [5, 5.41) is 90.3. The number of alkyl carbamates (subject to hydrolysis) is 2. The van der Waals surface area contributed by atoms with Crippen LogP contribution in [0.5, 0.6) is 0 Å². The zero-order valence-corrected chi connectivity index (χ0v) is 50.5. The molecule has 5 atom stereocenters. The Morgan fingerprint density at radius 1 is 0.425 bits per heavy atom. The van der Waals surface area contributed by atoms with Gasteiger partial charge in [0.2, 0.25) is 11.8 Å². The normalized spacial score (nSPS) is 12.1. The summed E-state index contributed by atoms with van der Waals surface area (Å²) >= 11 is 1.45. The number of carbonyl (C=O) groups is 8. The van der Waals surface area contributed by atoms with Gasteiger partial charge >= 0.3 is 36.1 Å². The first-order valence-corrected chi connectivity index (χ1v) is 28.5. The monoisotopic (exact) mass is 1290 g/mol. The van der Waals surface area contributed by atoms with Gasteiger partial charge in [-0.1, -0.05) is 54.4 Å². The summed E-state index contributed by atoms with van der Waals surface area (Å²) in [6.45, 7) is 10.5. The van der Waals surface area contributed by atoms with E-state index in [0.717, 1.165) is 12.8 Å². The van der Waals surface area contributed by atoms with Crippen LogP contribution in [-0.2, 0) is 67.2 Å². The predicted molar refractivity (Wildman–Crippen MR) is 298 cm³/mol. The number of ether oxygens (including phenoxy) is 3. The SMILES string of the molecule is CC(C)CC(NC(=O)CCCCCO[N+](=O)[O-])C(=O)O.CC(C)CC(NC(=O)OCCCCCCO[N+](=O)[O-])C(=O)O.CC(C)CC(NC(=O)OCCOCCO[N+](=O)[O-])C(=O)O.CSCCC(NC(=O)CCCC(CO[N+](=O)[O-])O[N+](=O)[O-])C(=O)O. The Labute approximate surface area is 503 Å². The highest BCUT2D eigenvalue weighted by Crippen LogP contribution is 2.11. The number of carboxylic acids is 4. The summed E-state index contributed by atoms with van der Waals surface area (Å²) in [6, 6.07) is -3.83. The number of thioether (sulfide) groups is 1. The lowest BCUT2D eigenvalue weighted by atomic mass is 10.0. The lowest BCUT2D eigenvalue weighted by molar-refractivity contribution is -0.790. The van der Waals surface area contributed by atoms with Gasteiger partial charge in [-0.15, -0.1) is 50.6 Å². The van der Waals surface area contributed by atoms with E-state index in [1.807, 2.05) is 47.8 Å². The van der Waals surface area contributed by atoms with Crippen molar-refractivity contribution in [3.8, 4) is 0 Å². The Morgan fingerprint density at radius 3 is 1.20 bits per heavy atom. The second kappa shape index (κ2) is 54.3. The fourth-order valence-electron chi connectivity index (χ4n) is 6.43. The summed E-state index contributed by atoms with van der Waals surface area (Å²) < 4.78 is 14.5. The maximum Gasteiger partial charge on any atom is 0.407 e. The maximum atomic E-state index is 11.7. The van der Waals surface area contributed by atoms with E-state index in [-0.39, 0.29) is 102 Å². The fraction of sp³-hybridized carbons (Fsp3) is 0.830. The summed E-state index contributed by atoms with van der Waals surface area (Å²) in [7, 11) is 0. The van der Waals surface area contributed by atoms with E-state index in [1.165, 1.54) is 11.8 Å². The van der Waals surface area contributed by atoms with Crippen molar-refractivity contribution in [3.05, 3.63) is 50.6 Å². The Morgan fingerprint density at radius 2 is 0.793 bits per heavy atom. The number of hydrogen-bond acceptors (Lipinski definition) is 27. The van der Waals surface area contributed by atoms with Crippen LogP contribution < -0.4 is 21.3 Å². The summed E-state index contributed by atoms with van der Waals surface area (Å²) in [5.74, 6) is -4.25. The van der Waals surface area contributed by atoms with Crippen molar-refractivity contribution in [3.63, 3.8) is 0 Å². The summed E-state index contributed by atoms with van der Waals surface area (Å²) in [4.78, 5) is 160. The van der Waals surface area contributed by atoms with Crippen LogP contribution in [0, 0.1) is 68.3 Å². The lowest BCUT2D eigenvalue weighted by Crippen LogP contribution is -2.42. The highest BCUT2D eigenvalue weighted by molar-refractivity contribution is 7.98. The van der Waals surface area contributed by atoms with Crippen LogP contribution in [0.3, 0.4) is 0 Å². The quantitative estimate of drug-likeness (QED) is 0.0242. The Hall–Kier alpha value is -8.33. The van der Waals surface area contributed by atoms with Crippen molar-refractivity contribution in [2.24, 2.45) is 17.8 Å². The van der Waals surface area contributed by atoms with Gasteiger partial charge in [0, 0.05) is 12.8 Å². The first-order valence-electron chi connectivity index (χ1n) is 27.1. The number of carbonyl (C=O) groups excluding carboxylic acids is 4. The van der Waals surface area contributed by atoms with Gasteiger partial charge in [0.25, 0.3) is 25.4 Å². The number of nitrogens with zero attached hydrogens (tertiary/aromatic N) is 5. The molecule has 0 spiro atoms. The van der Waals surface area contributed by atoms with Crippen molar-refractivity contribution in [1.29, 1.82) is 0 Å². The van der Waals surface area contributed by atoms with Crippen LogP contribution in [0.1, 0.15) is 138 Å². The van der Waals surface area contributed by atoms with E-state index in [0.29, 0.717) is 57.1 Å². The fourth-order valence-corrected chi connectivity index (χ4v) is 6.90. The molecule has 0 aromatic heterocycles. The predicted octanol–water partition coefficient (Wildman–Crippen LogP) is 4.05. The summed E-state index contributed by atoms with van der Waals surface area (Å²) in [5.41, 5.74) is 0. The van der Waals surface area contributed by atoms with Gasteiger partial charge in [0.15, 0.2) is 0 Å². The second-order valence-corrected chi connectivity index (χ2v) is 20.3. The van der Waals surface area contributed by atoms with E-state index in [1.54, 1.807) is 0 Å². The molecule has 0 aliphatic rings. The first-order chi connectivity index (χ1) is 40.7. The molecule has 40 heteroatoms. The molecule has 0 fully saturated rings. The van der Waals surface area contributed by atoms with E-state index in [2.05, 4.69) is 45.5 Å². The molecule has 504 valence electrons. The lowest BCUT2D eigenvalue weighted by Gasteiger charge is -2.16. The number of carboxylic acid groups (broad SMARTS) is 4. The van der Waals surface area contributed by atoms with Crippen LogP contribution in [0.2, 0.25) is 0 Å². The summed E-state index contributed by atoms with van der Waals surface area (Å²) in [6.07, 6.45) is 4.76. The van der Waals surface area contributed by atoms with Gasteiger partial charge in [0.05, 0.1) is 33.0 Å². The topological polar surface area (TPSA) is 555 Å². The van der Waals surface area contributed by atoms with Crippen LogP contribution >= 0.6 is 11.8 Å². The Balaban J connectivity index is -0.000000529. The molecule has 0 saturated carbocycles. The molecule has 0 bridgehead atoms. The molecule has 0 aliphatic carbocycles. The molecule has 0 heterocycles. The smallest absolute Gasteiger partial charge is 0.407 e. The zero-order chi connectivity index (χ0) is 67.3. The maximum absolute atomic E-state index is 11.7. The molecule has 0 saturated heterocycles. The van der Waals surface area contributed by atoms with Gasteiger partial charge in [-0.2, -0.15) is 11.8 Å². The number of unbranched alkanes of at least 4 members (excludes halogenated alkanes) is 5. The number of nitrogens with one attached hydrogen (secondary N) is 4. The van der Waals surface area contributed by atoms with Gasteiger partial charge < -0.3 is 80.1 Å². The minimum Gasteiger partial charge on any atom is -0.480 e. The van der Waals surface area contributed by atoms with Gasteiger partial charge in [-0.05, 0) is 100 Å². The highest BCUT2D eigenvalue weighted by atomic mass is 32.2. The van der Waals surface area contributed by atoms with Crippen molar-refractivity contribution < 1.29 is 123 Å². The number of aliphatic carboxylic acids is 4. The van der Waals surface area contributed by atoms with Crippen LogP contribution in [0.25, 0.3) is 0 Å². The average molecular weight is 1290 g/mol. The largest absolute Gasteiger partial charge is 0.480 e. The third-order valence-corrected chi connectivity index (χ3v) is 11.0. The van der Waals surface area contributed by atoms with Crippen molar-refractivity contribution in [2.75, 3.05) is 64.9 Å². The van der Waals surface area contributed by atoms with Crippen LogP contribution in [-0.4, -0.2) is 189 Å². The van der Waals surface area contributed by atoms with Crippen LogP contribution in [0.15, 0.2) is 0 Å². The Kier molecular flexibility index (Phi) is 53.2. The zero-order valence-electron chi connectivity index (χ0n) is 49.6. The molecule has 0 radical (unpaired) electrons. The Bertz CT molecular complexity index is 2040. The molecule has 0 rings (SSSR count). The standard InChI is InChI=1S/C13H24N2O7.C12H22N2O6.C11H19N3O9S.C11H20N2O8/c1-10(2)9-11(12(16)17)14-13(18)21-7-5-3-4-6-8-22-15(19)20;1-9(2)8-10(12(16)17)13-11(15)6-4-3-5-7-20-14(18)19;1-24-6-5-9(11(16)17)12-10(15)4-2-3-8(23-14(20)21)7-22-13(18)19;1-8(2)7-9(10(14)15)12-11(16)20-5-3-19-4-6-21-13(17)18/h10-11H,3-9H2,1-2H3,(H,14,18)(H,16,17);9-10H,3-8H2,1-2H3,(H,13,15)(H,16,17);8-9H,2-7H2,1H3,(H,12,15)(H,16,17);8-9H,3-7H2,1-2H3,(H,12,16)(H,14,15). The molecule has 39 nitrogen and oxygen atoms in total. The van der Waals surface area contributed by atoms with Crippen LogP contribution in [0.4, 0.5) is 9.59 Å². The molecule has 87 heavy (non-hydrogen) atoms. The number of amides is 4. The van der Waals surface area contributed by atoms with Gasteiger partial charge in [-0.25, -0.2) is 28.8 Å². The van der Waals surface area contributed by atoms with E-state index in [9.17, 15) is 88.9 Å². The molecule has 0 aromatic rings. The average Bonchev–Trinajstić information content (AvgIpc) is 3.44. The molecule has 8 N–H and O–H groups in total. The van der Waals surface area contributed by atoms with Crippen molar-refractivity contribution in [1.82, 2.24) is 21.3 Å². The number of rotatable bonds is 48. The van der Waals surface area contributed by atoms with E-state index < -0.39 is 104 Å². The van der Waals surface area contributed by atoms with Gasteiger partial charge in [-0.3, -0.25) is 9.59 Å². The first kappa shape index (κ1) is 85.1. The molecule has 0 aliphatic heterocycles. The third kappa shape index (κ3) is 62.0. The highest BCUT2D eigenvalue weighted by Gasteiger charge is 2.25. The van der Waals surface area contributed by atoms with Gasteiger partial charge in [0.1, 0.15) is 50.1 Å². The second-order valence-electron chi connectivity index (χ2n) is 19.3.